The second-order valence-electron chi connectivity index (χ2n) is 5.24. The lowest BCUT2D eigenvalue weighted by Crippen LogP contribution is -2.46. The van der Waals surface area contributed by atoms with Gasteiger partial charge in [-0.15, -0.1) is 0 Å². The molecule has 0 aliphatic carbocycles. The van der Waals surface area contributed by atoms with Crippen molar-refractivity contribution in [2.24, 2.45) is 0 Å². The second kappa shape index (κ2) is 8.40. The van der Waals surface area contributed by atoms with Gasteiger partial charge in [0.2, 0.25) is 5.91 Å². The van der Waals surface area contributed by atoms with Crippen LogP contribution in [-0.4, -0.2) is 24.5 Å². The Labute approximate surface area is 145 Å². The zero-order chi connectivity index (χ0) is 17.5. The summed E-state index contributed by atoms with van der Waals surface area (Å²) in [6.45, 7) is 3.47. The van der Waals surface area contributed by atoms with Crippen molar-refractivity contribution in [2.75, 3.05) is 6.61 Å². The van der Waals surface area contributed by atoms with Crippen LogP contribution in [0, 0.1) is 6.92 Å². The maximum Gasteiger partial charge on any atom is 0.258 e. The summed E-state index contributed by atoms with van der Waals surface area (Å²) in [5.74, 6) is 0.475. The third-order valence-electron chi connectivity index (χ3n) is 3.36. The predicted molar refractivity (Wildman–Crippen MR) is 89.8 cm³/mol. The van der Waals surface area contributed by atoms with Crippen LogP contribution in [-0.2, 0) is 16.1 Å². The summed E-state index contributed by atoms with van der Waals surface area (Å²) in [6.07, 6.45) is 1.53. The normalized spacial score (nSPS) is 11.6. The standard InChI is InChI=1S/C17H19ClN2O4/c1-11-14(18)6-3-7-15(11)24-10-16(21)20-12(2)17(22)19-9-13-5-4-8-23-13/h3-8,12H,9-10H2,1-2H3,(H,19,22)(H,20,21). The van der Waals surface area contributed by atoms with E-state index in [0.717, 1.165) is 5.56 Å². The average Bonchev–Trinajstić information content (AvgIpc) is 3.07. The van der Waals surface area contributed by atoms with E-state index < -0.39 is 11.9 Å². The molecule has 0 aliphatic heterocycles. The summed E-state index contributed by atoms with van der Waals surface area (Å²) in [5.41, 5.74) is 0.760. The third-order valence-corrected chi connectivity index (χ3v) is 3.77. The van der Waals surface area contributed by atoms with Crippen molar-refractivity contribution in [3.63, 3.8) is 0 Å². The number of carbonyl (C=O) groups is 2. The molecule has 1 atom stereocenters. The first-order valence-electron chi connectivity index (χ1n) is 7.44. The van der Waals surface area contributed by atoms with Gasteiger partial charge in [-0.05, 0) is 38.1 Å². The van der Waals surface area contributed by atoms with E-state index in [2.05, 4.69) is 10.6 Å². The molecule has 1 aromatic heterocycles. The Hall–Kier alpha value is -2.47. The zero-order valence-electron chi connectivity index (χ0n) is 13.5. The van der Waals surface area contributed by atoms with Crippen LogP contribution in [0.3, 0.4) is 0 Å². The van der Waals surface area contributed by atoms with Crippen molar-refractivity contribution < 1.29 is 18.7 Å². The first kappa shape index (κ1) is 17.9. The highest BCUT2D eigenvalue weighted by Gasteiger charge is 2.16. The number of furan rings is 1. The second-order valence-corrected chi connectivity index (χ2v) is 5.65. The Bertz CT molecular complexity index is 701. The quantitative estimate of drug-likeness (QED) is 0.803. The molecule has 2 aromatic rings. The maximum atomic E-state index is 11.9. The molecule has 1 aromatic carbocycles. The molecule has 1 heterocycles. The number of hydrogen-bond donors (Lipinski definition) is 2. The van der Waals surface area contributed by atoms with Gasteiger partial charge in [-0.1, -0.05) is 17.7 Å². The molecule has 2 rings (SSSR count). The van der Waals surface area contributed by atoms with Gasteiger partial charge in [0.15, 0.2) is 6.61 Å². The van der Waals surface area contributed by atoms with Crippen molar-refractivity contribution in [3.8, 4) is 5.75 Å². The fraction of sp³-hybridized carbons (Fsp3) is 0.294. The Morgan fingerprint density at radius 2 is 2.08 bits per heavy atom. The largest absolute Gasteiger partial charge is 0.483 e. The van der Waals surface area contributed by atoms with Crippen LogP contribution in [0.4, 0.5) is 0 Å². The zero-order valence-corrected chi connectivity index (χ0v) is 14.2. The van der Waals surface area contributed by atoms with Gasteiger partial charge in [-0.25, -0.2) is 0 Å². The summed E-state index contributed by atoms with van der Waals surface area (Å²) in [6, 6.07) is 8.03. The third kappa shape index (κ3) is 5.03. The monoisotopic (exact) mass is 350 g/mol. The Morgan fingerprint density at radius 3 is 2.79 bits per heavy atom. The lowest BCUT2D eigenvalue weighted by molar-refractivity contribution is -0.129. The summed E-state index contributed by atoms with van der Waals surface area (Å²) in [4.78, 5) is 23.8. The fourth-order valence-electron chi connectivity index (χ4n) is 1.98. The van der Waals surface area contributed by atoms with Gasteiger partial charge < -0.3 is 19.8 Å². The number of halogens is 1. The average molecular weight is 351 g/mol. The van der Waals surface area contributed by atoms with Crippen molar-refractivity contribution in [3.05, 3.63) is 52.9 Å². The molecule has 128 valence electrons. The highest BCUT2D eigenvalue weighted by Crippen LogP contribution is 2.24. The van der Waals surface area contributed by atoms with Crippen molar-refractivity contribution in [1.82, 2.24) is 10.6 Å². The van der Waals surface area contributed by atoms with Gasteiger partial charge >= 0.3 is 0 Å². The van der Waals surface area contributed by atoms with Crippen LogP contribution >= 0.6 is 11.6 Å². The Kier molecular flexibility index (Phi) is 6.26. The van der Waals surface area contributed by atoms with E-state index in [0.29, 0.717) is 16.5 Å². The molecule has 1 unspecified atom stereocenters. The minimum absolute atomic E-state index is 0.197. The SMILES string of the molecule is Cc1c(Cl)cccc1OCC(=O)NC(C)C(=O)NCc1ccco1. The lowest BCUT2D eigenvalue weighted by atomic mass is 10.2. The van der Waals surface area contributed by atoms with Crippen LogP contribution in [0.25, 0.3) is 0 Å². The molecule has 0 radical (unpaired) electrons. The maximum absolute atomic E-state index is 11.9. The van der Waals surface area contributed by atoms with Gasteiger partial charge in [0.1, 0.15) is 17.6 Å². The smallest absolute Gasteiger partial charge is 0.258 e. The highest BCUT2D eigenvalue weighted by molar-refractivity contribution is 6.31. The van der Waals surface area contributed by atoms with Gasteiger partial charge in [0.05, 0.1) is 12.8 Å². The first-order valence-corrected chi connectivity index (χ1v) is 7.82. The molecule has 2 amide bonds. The van der Waals surface area contributed by atoms with Crippen LogP contribution in [0.5, 0.6) is 5.75 Å². The molecule has 0 spiro atoms. The number of hydrogen-bond acceptors (Lipinski definition) is 4. The van der Waals surface area contributed by atoms with Gasteiger partial charge in [-0.2, -0.15) is 0 Å². The molecular formula is C17H19ClN2O4. The molecule has 0 fully saturated rings. The molecule has 6 nitrogen and oxygen atoms in total. The molecular weight excluding hydrogens is 332 g/mol. The molecule has 0 bridgehead atoms. The molecule has 7 heteroatoms. The van der Waals surface area contributed by atoms with Gasteiger partial charge in [0.25, 0.3) is 5.91 Å². The first-order chi connectivity index (χ1) is 11.5. The van der Waals surface area contributed by atoms with E-state index >= 15 is 0 Å². The predicted octanol–water partition coefficient (Wildman–Crippen LogP) is 2.44. The summed E-state index contributed by atoms with van der Waals surface area (Å²) in [7, 11) is 0. The summed E-state index contributed by atoms with van der Waals surface area (Å²) >= 11 is 5.99. The number of carbonyl (C=O) groups excluding carboxylic acids is 2. The topological polar surface area (TPSA) is 80.6 Å². The van der Waals surface area contributed by atoms with Gasteiger partial charge in [-0.3, -0.25) is 9.59 Å². The van der Waals surface area contributed by atoms with E-state index in [1.165, 1.54) is 6.26 Å². The minimum Gasteiger partial charge on any atom is -0.483 e. The van der Waals surface area contributed by atoms with E-state index in [1.807, 2.05) is 0 Å². The van der Waals surface area contributed by atoms with Crippen molar-refractivity contribution in [1.29, 1.82) is 0 Å². The number of ether oxygens (including phenoxy) is 1. The number of rotatable bonds is 7. The van der Waals surface area contributed by atoms with Crippen LogP contribution in [0.1, 0.15) is 18.2 Å². The fourth-order valence-corrected chi connectivity index (χ4v) is 2.14. The van der Waals surface area contributed by atoms with Crippen LogP contribution in [0.2, 0.25) is 5.02 Å². The highest BCUT2D eigenvalue weighted by atomic mass is 35.5. The Morgan fingerprint density at radius 1 is 1.29 bits per heavy atom. The molecule has 0 saturated heterocycles. The van der Waals surface area contributed by atoms with Crippen molar-refractivity contribution >= 4 is 23.4 Å². The molecule has 0 saturated carbocycles. The van der Waals surface area contributed by atoms with E-state index in [9.17, 15) is 9.59 Å². The minimum atomic E-state index is -0.684. The van der Waals surface area contributed by atoms with Crippen LogP contribution in [0.15, 0.2) is 41.0 Å². The van der Waals surface area contributed by atoms with E-state index in [1.54, 1.807) is 44.2 Å². The molecule has 24 heavy (non-hydrogen) atoms. The number of amides is 2. The van der Waals surface area contributed by atoms with E-state index in [-0.39, 0.29) is 19.1 Å². The van der Waals surface area contributed by atoms with Gasteiger partial charge in [0, 0.05) is 10.6 Å². The molecule has 0 aliphatic rings. The summed E-state index contributed by atoms with van der Waals surface area (Å²) < 4.78 is 10.6. The lowest BCUT2D eigenvalue weighted by Gasteiger charge is -2.15. The molecule has 2 N–H and O–H groups in total. The van der Waals surface area contributed by atoms with Crippen LogP contribution < -0.4 is 15.4 Å². The number of benzene rings is 1. The van der Waals surface area contributed by atoms with E-state index in [4.69, 9.17) is 20.8 Å². The summed E-state index contributed by atoms with van der Waals surface area (Å²) in [5, 5.41) is 5.82. The Balaban J connectivity index is 1.76. The number of nitrogens with one attached hydrogen (secondary N) is 2. The van der Waals surface area contributed by atoms with Crippen molar-refractivity contribution in [2.45, 2.75) is 26.4 Å².